The maximum absolute atomic E-state index is 14.4. The Kier molecular flexibility index (Phi) is 22.2. The van der Waals surface area contributed by atoms with Gasteiger partial charge >= 0.3 is 29.8 Å². The average molecular weight is 1220 g/mol. The third-order valence-electron chi connectivity index (χ3n) is 15.0. The zero-order valence-corrected chi connectivity index (χ0v) is 48.6. The van der Waals surface area contributed by atoms with Gasteiger partial charge in [-0.2, -0.15) is 0 Å². The Morgan fingerprint density at radius 1 is 0.371 bits per heavy atom. The molecule has 2 N–H and O–H groups in total. The molecule has 0 spiro atoms. The molecule has 0 bridgehead atoms. The maximum atomic E-state index is 14.4. The predicted molar refractivity (Wildman–Crippen MR) is 315 cm³/mol. The Hall–Kier alpha value is -8.51. The molecule has 10 rings (SSSR count). The van der Waals surface area contributed by atoms with E-state index in [0.717, 1.165) is 23.6 Å². The first-order valence-corrected chi connectivity index (χ1v) is 29.1. The van der Waals surface area contributed by atoms with E-state index in [-0.39, 0.29) is 42.1 Å². The van der Waals surface area contributed by atoms with Crippen molar-refractivity contribution in [2.45, 2.75) is 126 Å². The second kappa shape index (κ2) is 31.1. The molecule has 0 amide bonds. The molecule has 1 unspecified atom stereocenters. The van der Waals surface area contributed by atoms with Gasteiger partial charge in [-0.3, -0.25) is 4.79 Å². The van der Waals surface area contributed by atoms with Crippen molar-refractivity contribution in [1.29, 1.82) is 0 Å². The first-order chi connectivity index (χ1) is 43.4. The van der Waals surface area contributed by atoms with Crippen molar-refractivity contribution < 1.29 is 95.8 Å². The number of carbonyl (C=O) groups excluding carboxylic acids is 5. The zero-order chi connectivity index (χ0) is 62.1. The lowest BCUT2D eigenvalue weighted by atomic mass is 9.95. The Morgan fingerprint density at radius 2 is 0.730 bits per heavy atom. The van der Waals surface area contributed by atoms with Crippen LogP contribution in [-0.2, 0) is 86.2 Å². The van der Waals surface area contributed by atoms with Gasteiger partial charge in [-0.25, -0.2) is 19.2 Å². The molecule has 3 saturated heterocycles. The van der Waals surface area contributed by atoms with E-state index in [2.05, 4.69) is 0 Å². The van der Waals surface area contributed by atoms with Gasteiger partial charge in [0.05, 0.1) is 48.2 Å². The van der Waals surface area contributed by atoms with Crippen LogP contribution in [0, 0.1) is 0 Å². The van der Waals surface area contributed by atoms with Crippen LogP contribution >= 0.6 is 0 Å². The molecule has 7 aromatic carbocycles. The SMILES string of the molecule is CC(=O)O[C@@H]1[C@H](O)[C@@H](OC(=O)c2ccccc2)[C@H](O[C@@H]2[C@H](OC3O[C@@H](C)[C@@H](OCc4ccccc4)[C@@H](OCc4ccccc4)[C@@H]3OCc3ccccc3)[C@@H](OC(=O)c3ccccc3)[C@H](O)O[C@@H]2COC(=O)c2ccccc2)O[C@@H]1COC(=O)c1ccccc1. The normalized spacial score (nSPS) is 26.6. The highest BCUT2D eigenvalue weighted by Gasteiger charge is 2.58. The number of aliphatic hydroxyl groups excluding tert-OH is 2. The average Bonchev–Trinajstić information content (AvgIpc) is 0.956. The fourth-order valence-corrected chi connectivity index (χ4v) is 10.5. The minimum atomic E-state index is -2.09. The van der Waals surface area contributed by atoms with Gasteiger partial charge in [-0.15, -0.1) is 0 Å². The Morgan fingerprint density at radius 3 is 1.17 bits per heavy atom. The van der Waals surface area contributed by atoms with Gasteiger partial charge in [0, 0.05) is 6.92 Å². The minimum absolute atomic E-state index is 0.0253. The van der Waals surface area contributed by atoms with Gasteiger partial charge in [0.2, 0.25) is 0 Å². The number of rotatable bonds is 24. The van der Waals surface area contributed by atoms with Gasteiger partial charge in [0.25, 0.3) is 0 Å². The summed E-state index contributed by atoms with van der Waals surface area (Å²) in [6.45, 7) is 1.63. The van der Waals surface area contributed by atoms with Crippen LogP contribution in [-0.4, -0.2) is 145 Å². The molecule has 7 aromatic rings. The van der Waals surface area contributed by atoms with Crippen molar-refractivity contribution in [2.75, 3.05) is 13.2 Å². The van der Waals surface area contributed by atoms with Crippen LogP contribution in [0.5, 0.6) is 0 Å². The number of hydrogen-bond acceptors (Lipinski definition) is 20. The summed E-state index contributed by atoms with van der Waals surface area (Å²) in [7, 11) is 0. The van der Waals surface area contributed by atoms with Gasteiger partial charge < -0.3 is 71.8 Å². The molecule has 20 nitrogen and oxygen atoms in total. The third-order valence-corrected chi connectivity index (χ3v) is 15.0. The van der Waals surface area contributed by atoms with Crippen LogP contribution < -0.4 is 0 Å². The standard InChI is InChI=1S/C69H68O20/c1-43-55(77-38-45-24-10-3-11-25-45)59(78-39-46-26-12-4-13-27-46)62(79-40-47-28-14-5-15-29-47)69(82-43)89-60-57(53(42-81-64(73)49-32-18-7-19-33-49)84-67(76)61(60)87-66(75)51-36-22-9-23-37-51)88-68-58(86-65(74)50-34-20-8-21-35-50)54(71)56(83-44(2)70)52(85-68)41-80-63(72)48-30-16-6-17-31-48/h3-37,43,52-62,67-69,71,76H,38-42H2,1-2H3/t43-,52+,53+,54-,55+,56-,57-,58+,59+,60-,61+,62-,67+,68-,69?/m0/s1. The number of benzene rings is 7. The number of aliphatic hydroxyl groups is 2. The summed E-state index contributed by atoms with van der Waals surface area (Å²) in [5.41, 5.74) is 2.83. The smallest absolute Gasteiger partial charge is 0.338 e. The fourth-order valence-electron chi connectivity index (χ4n) is 10.5. The molecule has 0 aliphatic carbocycles. The van der Waals surface area contributed by atoms with Crippen molar-refractivity contribution in [3.05, 3.63) is 251 Å². The van der Waals surface area contributed by atoms with Crippen LogP contribution in [0.4, 0.5) is 0 Å². The second-order valence-electron chi connectivity index (χ2n) is 21.3. The van der Waals surface area contributed by atoms with Gasteiger partial charge in [0.1, 0.15) is 62.0 Å². The molecule has 89 heavy (non-hydrogen) atoms. The lowest BCUT2D eigenvalue weighted by molar-refractivity contribution is -0.386. The van der Waals surface area contributed by atoms with E-state index >= 15 is 0 Å². The number of hydrogen-bond donors (Lipinski definition) is 2. The molecule has 20 heteroatoms. The quantitative estimate of drug-likeness (QED) is 0.0428. The molecule has 0 saturated carbocycles. The Balaban J connectivity index is 1.09. The molecule has 3 aliphatic rings. The lowest BCUT2D eigenvalue weighted by Crippen LogP contribution is -2.68. The summed E-state index contributed by atoms with van der Waals surface area (Å²) in [5.74, 6) is -4.45. The van der Waals surface area contributed by atoms with E-state index in [9.17, 15) is 34.2 Å². The Labute approximate surface area is 513 Å². The van der Waals surface area contributed by atoms with E-state index in [1.165, 1.54) is 48.5 Å². The fraction of sp³-hybridized carbons (Fsp3) is 0.319. The summed E-state index contributed by atoms with van der Waals surface area (Å²) >= 11 is 0. The van der Waals surface area contributed by atoms with Gasteiger partial charge in [-0.1, -0.05) is 164 Å². The second-order valence-corrected chi connectivity index (χ2v) is 21.3. The van der Waals surface area contributed by atoms with Crippen molar-refractivity contribution in [3.63, 3.8) is 0 Å². The summed E-state index contributed by atoms with van der Waals surface area (Å²) in [4.78, 5) is 69.0. The molecule has 3 aliphatic heterocycles. The van der Waals surface area contributed by atoms with Crippen molar-refractivity contribution in [3.8, 4) is 0 Å². The van der Waals surface area contributed by atoms with E-state index < -0.39 is 135 Å². The van der Waals surface area contributed by atoms with E-state index in [0.29, 0.717) is 0 Å². The van der Waals surface area contributed by atoms with Crippen LogP contribution in [0.3, 0.4) is 0 Å². The topological polar surface area (TPSA) is 246 Å². The number of esters is 5. The van der Waals surface area contributed by atoms with Crippen molar-refractivity contribution >= 4 is 29.8 Å². The first kappa shape index (κ1) is 63.5. The summed E-state index contributed by atoms with van der Waals surface area (Å²) in [6, 6.07) is 59.9. The molecule has 0 radical (unpaired) electrons. The van der Waals surface area contributed by atoms with Crippen LogP contribution in [0.15, 0.2) is 212 Å². The molecule has 3 fully saturated rings. The molecular formula is C69H68O20. The van der Waals surface area contributed by atoms with Gasteiger partial charge in [-0.05, 0) is 72.1 Å². The minimum Gasteiger partial charge on any atom is -0.459 e. The van der Waals surface area contributed by atoms with E-state index in [1.54, 1.807) is 79.7 Å². The summed E-state index contributed by atoms with van der Waals surface area (Å²) in [6.07, 6.45) is -23.9. The lowest BCUT2D eigenvalue weighted by Gasteiger charge is -2.50. The maximum Gasteiger partial charge on any atom is 0.338 e. The van der Waals surface area contributed by atoms with Crippen LogP contribution in [0.25, 0.3) is 0 Å². The third kappa shape index (κ3) is 16.8. The molecular weight excluding hydrogens is 1150 g/mol. The van der Waals surface area contributed by atoms with Gasteiger partial charge in [0.15, 0.2) is 37.2 Å². The van der Waals surface area contributed by atoms with E-state index in [4.69, 9.17) is 61.6 Å². The zero-order valence-electron chi connectivity index (χ0n) is 48.6. The Bertz CT molecular complexity index is 3350. The molecule has 464 valence electrons. The van der Waals surface area contributed by atoms with Crippen LogP contribution in [0.2, 0.25) is 0 Å². The largest absolute Gasteiger partial charge is 0.459 e. The van der Waals surface area contributed by atoms with Crippen molar-refractivity contribution in [2.24, 2.45) is 0 Å². The summed E-state index contributed by atoms with van der Waals surface area (Å²) < 4.78 is 84.1. The highest BCUT2D eigenvalue weighted by Crippen LogP contribution is 2.38. The first-order valence-electron chi connectivity index (χ1n) is 29.1. The number of ether oxygens (including phenoxy) is 13. The monoisotopic (exact) mass is 1220 g/mol. The molecule has 15 atom stereocenters. The highest BCUT2D eigenvalue weighted by atomic mass is 16.8. The number of carbonyl (C=O) groups is 5. The van der Waals surface area contributed by atoms with Crippen molar-refractivity contribution in [1.82, 2.24) is 0 Å². The summed E-state index contributed by atoms with van der Waals surface area (Å²) in [5, 5.41) is 24.9. The highest BCUT2D eigenvalue weighted by molar-refractivity contribution is 5.91. The van der Waals surface area contributed by atoms with E-state index in [1.807, 2.05) is 91.0 Å². The van der Waals surface area contributed by atoms with Crippen LogP contribution in [0.1, 0.15) is 72.0 Å². The predicted octanol–water partition coefficient (Wildman–Crippen LogP) is 8.16. The molecule has 0 aromatic heterocycles. The molecule has 3 heterocycles.